The molecule has 0 aliphatic heterocycles. The normalized spacial score (nSPS) is 31.2. The van der Waals surface area contributed by atoms with E-state index < -0.39 is 20.9 Å². The van der Waals surface area contributed by atoms with E-state index in [1.54, 1.807) is 12.1 Å². The zero-order chi connectivity index (χ0) is 29.8. The van der Waals surface area contributed by atoms with Gasteiger partial charge in [0, 0.05) is 18.2 Å². The van der Waals surface area contributed by atoms with Gasteiger partial charge in [0.2, 0.25) is 0 Å². The summed E-state index contributed by atoms with van der Waals surface area (Å²) in [5, 5.41) is 15.3. The fourth-order valence-corrected chi connectivity index (χ4v) is 10.6. The molecule has 8 nitrogen and oxygen atoms in total. The first-order chi connectivity index (χ1) is 20.7. The van der Waals surface area contributed by atoms with Crippen LogP contribution in [0.2, 0.25) is 0 Å². The Morgan fingerprint density at radius 1 is 0.930 bits per heavy atom. The van der Waals surface area contributed by atoms with Crippen LogP contribution in [-0.2, 0) is 10.0 Å². The van der Waals surface area contributed by atoms with Gasteiger partial charge in [-0.2, -0.15) is 0 Å². The molecule has 4 bridgehead atoms. The van der Waals surface area contributed by atoms with Crippen molar-refractivity contribution in [1.29, 1.82) is 0 Å². The summed E-state index contributed by atoms with van der Waals surface area (Å²) in [6.07, 6.45) is 17.2. The highest BCUT2D eigenvalue weighted by molar-refractivity contribution is 7.90. The molecule has 0 heterocycles. The predicted molar refractivity (Wildman–Crippen MR) is 166 cm³/mol. The largest absolute Gasteiger partial charge is 0.379 e. The zero-order valence-corrected chi connectivity index (χ0v) is 25.4. The molecule has 6 aliphatic carbocycles. The molecule has 228 valence electrons. The average Bonchev–Trinajstić information content (AvgIpc) is 2.99. The molecule has 0 spiro atoms. The van der Waals surface area contributed by atoms with E-state index in [1.807, 2.05) is 12.1 Å². The number of amides is 1. The Bertz CT molecular complexity index is 1530. The third-order valence-corrected chi connectivity index (χ3v) is 12.5. The van der Waals surface area contributed by atoms with E-state index in [2.05, 4.69) is 16.1 Å². The quantitative estimate of drug-likeness (QED) is 0.241. The molecule has 43 heavy (non-hydrogen) atoms. The first-order valence-corrected chi connectivity index (χ1v) is 17.6. The van der Waals surface area contributed by atoms with Gasteiger partial charge in [-0.3, -0.25) is 14.9 Å². The van der Waals surface area contributed by atoms with Crippen LogP contribution in [0.1, 0.15) is 93.0 Å². The SMILES string of the molecule is O=C(NS(=O)(=O)c1ccc(NCC23CC4CC(CC(C4)C2)C3)c([N+](=O)[O-])c1)c1ccc(C2=CC3CCCCC3CC2)cc1. The van der Waals surface area contributed by atoms with Crippen LogP contribution in [0.3, 0.4) is 0 Å². The van der Waals surface area contributed by atoms with Gasteiger partial charge in [-0.1, -0.05) is 31.1 Å². The fraction of sp³-hybridized carbons (Fsp3) is 0.559. The molecular weight excluding hydrogens is 562 g/mol. The second-order valence-electron chi connectivity index (χ2n) is 14.2. The first-order valence-electron chi connectivity index (χ1n) is 16.1. The molecule has 0 saturated heterocycles. The van der Waals surface area contributed by atoms with Crippen LogP contribution in [0, 0.1) is 45.1 Å². The Kier molecular flexibility index (Phi) is 7.35. The molecule has 2 N–H and O–H groups in total. The van der Waals surface area contributed by atoms with Crippen LogP contribution < -0.4 is 10.0 Å². The first kappa shape index (κ1) is 28.6. The molecule has 8 rings (SSSR count). The summed E-state index contributed by atoms with van der Waals surface area (Å²) in [7, 11) is -4.32. The predicted octanol–water partition coefficient (Wildman–Crippen LogP) is 7.33. The number of nitro benzene ring substituents is 1. The lowest BCUT2D eigenvalue weighted by atomic mass is 9.49. The lowest BCUT2D eigenvalue weighted by Gasteiger charge is -2.57. The smallest absolute Gasteiger partial charge is 0.293 e. The Hall–Kier alpha value is -3.20. The number of carbonyl (C=O) groups excluding carboxylic acids is 1. The Labute approximate surface area is 253 Å². The number of hydrogen-bond donors (Lipinski definition) is 2. The van der Waals surface area contributed by atoms with Crippen LogP contribution in [0.5, 0.6) is 0 Å². The zero-order valence-electron chi connectivity index (χ0n) is 24.6. The molecule has 5 saturated carbocycles. The van der Waals surface area contributed by atoms with Crippen molar-refractivity contribution >= 4 is 32.9 Å². The fourth-order valence-electron chi connectivity index (χ4n) is 9.58. The molecule has 0 radical (unpaired) electrons. The highest BCUT2D eigenvalue weighted by atomic mass is 32.2. The number of sulfonamides is 1. The van der Waals surface area contributed by atoms with Crippen molar-refractivity contribution in [2.75, 3.05) is 11.9 Å². The standard InChI is InChI=1S/C34H41N3O5S/c38-33(27-8-5-26(6-9-27)29-10-7-25-3-1-2-4-28(25)16-29)36-43(41,42)30-11-12-31(32(17-30)37(39)40)35-21-34-18-22-13-23(19-34)15-24(14-22)20-34/h5-6,8-9,11-12,16-17,22-25,28,35H,1-4,7,10,13-15,18-21H2,(H,36,38). The Balaban J connectivity index is 1.03. The summed E-state index contributed by atoms with van der Waals surface area (Å²) in [5.74, 6) is 2.96. The number of carbonyl (C=O) groups is 1. The number of nitrogens with one attached hydrogen (secondary N) is 2. The van der Waals surface area contributed by atoms with E-state index in [-0.39, 0.29) is 21.6 Å². The average molecular weight is 604 g/mol. The molecule has 2 aromatic rings. The molecule has 6 aliphatic rings. The summed E-state index contributed by atoms with van der Waals surface area (Å²) < 4.78 is 28.4. The lowest BCUT2D eigenvalue weighted by molar-refractivity contribution is -0.384. The number of allylic oxidation sites excluding steroid dienone is 2. The van der Waals surface area contributed by atoms with Crippen LogP contribution in [0.4, 0.5) is 11.4 Å². The van der Waals surface area contributed by atoms with Gasteiger partial charge in [0.05, 0.1) is 9.82 Å². The Morgan fingerprint density at radius 2 is 1.60 bits per heavy atom. The lowest BCUT2D eigenvalue weighted by Crippen LogP contribution is -2.49. The molecule has 2 aromatic carbocycles. The van der Waals surface area contributed by atoms with Gasteiger partial charge in [0.1, 0.15) is 5.69 Å². The maximum atomic E-state index is 13.2. The van der Waals surface area contributed by atoms with Crippen LogP contribution in [-0.4, -0.2) is 25.8 Å². The topological polar surface area (TPSA) is 118 Å². The summed E-state index contributed by atoms with van der Waals surface area (Å²) in [6, 6.07) is 10.9. The van der Waals surface area contributed by atoms with E-state index in [1.165, 1.54) is 88.3 Å². The van der Waals surface area contributed by atoms with Crippen molar-refractivity contribution in [3.8, 4) is 0 Å². The van der Waals surface area contributed by atoms with E-state index in [9.17, 15) is 23.3 Å². The second kappa shape index (κ2) is 11.1. The van der Waals surface area contributed by atoms with Crippen LogP contribution >= 0.6 is 0 Å². The van der Waals surface area contributed by atoms with Gasteiger partial charge >= 0.3 is 0 Å². The van der Waals surface area contributed by atoms with Gasteiger partial charge in [-0.25, -0.2) is 13.1 Å². The summed E-state index contributed by atoms with van der Waals surface area (Å²) in [6.45, 7) is 0.661. The maximum absolute atomic E-state index is 13.2. The third kappa shape index (κ3) is 5.73. The van der Waals surface area contributed by atoms with Gasteiger partial charge in [-0.15, -0.1) is 0 Å². The van der Waals surface area contributed by atoms with Gasteiger partial charge in [-0.05, 0) is 135 Å². The van der Waals surface area contributed by atoms with E-state index >= 15 is 0 Å². The number of rotatable bonds is 8. The molecule has 5 fully saturated rings. The minimum Gasteiger partial charge on any atom is -0.379 e. The molecular formula is C34H41N3O5S. The van der Waals surface area contributed by atoms with Crippen molar-refractivity contribution in [3.05, 3.63) is 69.8 Å². The minimum atomic E-state index is -4.32. The summed E-state index contributed by atoms with van der Waals surface area (Å²) in [4.78, 5) is 24.1. The van der Waals surface area contributed by atoms with Crippen molar-refractivity contribution < 1.29 is 18.1 Å². The monoisotopic (exact) mass is 603 g/mol. The number of nitro groups is 1. The molecule has 2 unspecified atom stereocenters. The van der Waals surface area contributed by atoms with Gasteiger partial charge in [0.25, 0.3) is 21.6 Å². The van der Waals surface area contributed by atoms with Crippen molar-refractivity contribution in [3.63, 3.8) is 0 Å². The van der Waals surface area contributed by atoms with Crippen LogP contribution in [0.25, 0.3) is 5.57 Å². The van der Waals surface area contributed by atoms with E-state index in [4.69, 9.17) is 0 Å². The minimum absolute atomic E-state index is 0.169. The van der Waals surface area contributed by atoms with E-state index in [0.717, 1.165) is 41.7 Å². The molecule has 2 atom stereocenters. The van der Waals surface area contributed by atoms with Crippen molar-refractivity contribution in [1.82, 2.24) is 4.72 Å². The van der Waals surface area contributed by atoms with Crippen LogP contribution in [0.15, 0.2) is 53.4 Å². The molecule has 0 aromatic heterocycles. The molecule has 9 heteroatoms. The Morgan fingerprint density at radius 3 is 2.28 bits per heavy atom. The maximum Gasteiger partial charge on any atom is 0.293 e. The van der Waals surface area contributed by atoms with Gasteiger partial charge in [0.15, 0.2) is 0 Å². The number of nitrogens with zero attached hydrogens (tertiary/aromatic N) is 1. The third-order valence-electron chi connectivity index (χ3n) is 11.2. The highest BCUT2D eigenvalue weighted by Crippen LogP contribution is 2.60. The summed E-state index contributed by atoms with van der Waals surface area (Å²) in [5.41, 5.74) is 2.77. The van der Waals surface area contributed by atoms with Crippen molar-refractivity contribution in [2.24, 2.45) is 35.0 Å². The second-order valence-corrected chi connectivity index (χ2v) is 15.8. The number of hydrogen-bond acceptors (Lipinski definition) is 6. The number of fused-ring (bicyclic) bond motifs is 1. The molecule has 1 amide bonds. The van der Waals surface area contributed by atoms with Crippen molar-refractivity contribution in [2.45, 2.75) is 81.9 Å². The summed E-state index contributed by atoms with van der Waals surface area (Å²) >= 11 is 0. The van der Waals surface area contributed by atoms with E-state index in [0.29, 0.717) is 18.2 Å². The number of benzene rings is 2. The number of anilines is 1. The highest BCUT2D eigenvalue weighted by Gasteiger charge is 2.50. The van der Waals surface area contributed by atoms with Gasteiger partial charge < -0.3 is 5.32 Å².